The monoisotopic (exact) mass is 207 g/mol. The van der Waals surface area contributed by atoms with Gasteiger partial charge in [0.2, 0.25) is 0 Å². The average molecular weight is 207 g/mol. The zero-order chi connectivity index (χ0) is 10.7. The van der Waals surface area contributed by atoms with E-state index >= 15 is 0 Å². The van der Waals surface area contributed by atoms with Gasteiger partial charge in [0.15, 0.2) is 0 Å². The van der Waals surface area contributed by atoms with Crippen LogP contribution in [0, 0.1) is 0 Å². The number of aliphatic hydroxyl groups is 4. The minimum atomic E-state index is -1.13. The van der Waals surface area contributed by atoms with Gasteiger partial charge in [-0.3, -0.25) is 5.32 Å². The Morgan fingerprint density at radius 3 is 2.57 bits per heavy atom. The van der Waals surface area contributed by atoms with Crippen molar-refractivity contribution >= 4 is 0 Å². The molecule has 0 aromatic carbocycles. The lowest BCUT2D eigenvalue weighted by atomic mass is 9.98. The fraction of sp³-hybridized carbons (Fsp3) is 1.00. The third kappa shape index (κ3) is 2.63. The molecule has 1 rings (SSSR count). The molecule has 0 amide bonds. The summed E-state index contributed by atoms with van der Waals surface area (Å²) in [4.78, 5) is 0. The van der Waals surface area contributed by atoms with Gasteiger partial charge in [0.05, 0.1) is 19.3 Å². The molecule has 1 heterocycles. The van der Waals surface area contributed by atoms with Crippen molar-refractivity contribution in [3.05, 3.63) is 0 Å². The van der Waals surface area contributed by atoms with E-state index in [9.17, 15) is 10.2 Å². The van der Waals surface area contributed by atoms with Crippen molar-refractivity contribution in [2.75, 3.05) is 13.2 Å². The maximum Gasteiger partial charge on any atom is 0.110 e. The summed E-state index contributed by atoms with van der Waals surface area (Å²) in [7, 11) is 0. The molecule has 84 valence electrons. The summed E-state index contributed by atoms with van der Waals surface area (Å²) >= 11 is 0. The highest BCUT2D eigenvalue weighted by atomic mass is 16.5. The molecule has 1 aliphatic heterocycles. The lowest BCUT2D eigenvalue weighted by Gasteiger charge is -2.37. The molecule has 0 aliphatic carbocycles. The number of hydrogen-bond donors (Lipinski definition) is 5. The Morgan fingerprint density at radius 1 is 1.43 bits per heavy atom. The minimum absolute atomic E-state index is 0.147. The molecule has 0 aromatic rings. The van der Waals surface area contributed by atoms with Gasteiger partial charge in [-0.1, -0.05) is 0 Å². The van der Waals surface area contributed by atoms with E-state index in [0.29, 0.717) is 0 Å². The Bertz CT molecular complexity index is 177. The van der Waals surface area contributed by atoms with Crippen molar-refractivity contribution in [3.8, 4) is 0 Å². The molecule has 0 saturated carbocycles. The number of hydrogen-bond acceptors (Lipinski definition) is 6. The van der Waals surface area contributed by atoms with Gasteiger partial charge in [-0.15, -0.1) is 0 Å². The Labute approximate surface area is 82.1 Å². The molecule has 1 fully saturated rings. The van der Waals surface area contributed by atoms with Crippen LogP contribution in [0.2, 0.25) is 0 Å². The van der Waals surface area contributed by atoms with Crippen molar-refractivity contribution in [2.45, 2.75) is 37.5 Å². The van der Waals surface area contributed by atoms with Crippen LogP contribution >= 0.6 is 0 Å². The molecule has 1 saturated heterocycles. The van der Waals surface area contributed by atoms with Crippen LogP contribution in [0.5, 0.6) is 0 Å². The summed E-state index contributed by atoms with van der Waals surface area (Å²) in [6.07, 6.45) is -3.71. The maximum atomic E-state index is 9.57. The van der Waals surface area contributed by atoms with Crippen molar-refractivity contribution in [2.24, 2.45) is 0 Å². The first-order valence-electron chi connectivity index (χ1n) is 4.59. The van der Waals surface area contributed by atoms with Crippen LogP contribution < -0.4 is 5.32 Å². The fourth-order valence-electron chi connectivity index (χ4n) is 1.50. The first-order chi connectivity index (χ1) is 6.56. The lowest BCUT2D eigenvalue weighted by Crippen LogP contribution is -2.60. The van der Waals surface area contributed by atoms with Gasteiger partial charge in [0.1, 0.15) is 24.5 Å². The molecule has 14 heavy (non-hydrogen) atoms. The number of aliphatic hydroxyl groups excluding tert-OH is 4. The van der Waals surface area contributed by atoms with Crippen LogP contribution in [0.25, 0.3) is 0 Å². The largest absolute Gasteiger partial charge is 0.394 e. The minimum Gasteiger partial charge on any atom is -0.394 e. The highest BCUT2D eigenvalue weighted by molar-refractivity contribution is 4.90. The molecule has 6 nitrogen and oxygen atoms in total. The lowest BCUT2D eigenvalue weighted by molar-refractivity contribution is -0.166. The Balaban J connectivity index is 2.50. The predicted octanol–water partition coefficient (Wildman–Crippen LogP) is -2.60. The van der Waals surface area contributed by atoms with Gasteiger partial charge in [0, 0.05) is 0 Å². The topological polar surface area (TPSA) is 102 Å². The van der Waals surface area contributed by atoms with Gasteiger partial charge < -0.3 is 25.2 Å². The number of rotatable bonds is 3. The second kappa shape index (κ2) is 5.01. The van der Waals surface area contributed by atoms with E-state index in [1.54, 1.807) is 0 Å². The SMILES string of the molecule is CC(O)N[C@H]1CO[C@H](CO)[C@@H](O)[C@@H]1O. The van der Waals surface area contributed by atoms with E-state index in [4.69, 9.17) is 14.9 Å². The quantitative estimate of drug-likeness (QED) is 0.325. The second-order valence-corrected chi connectivity index (χ2v) is 3.48. The third-order valence-electron chi connectivity index (χ3n) is 2.27. The molecular formula is C8H17NO5. The van der Waals surface area contributed by atoms with Crippen molar-refractivity contribution < 1.29 is 25.2 Å². The average Bonchev–Trinajstić information content (AvgIpc) is 2.13. The second-order valence-electron chi connectivity index (χ2n) is 3.48. The Hall–Kier alpha value is -0.240. The molecule has 0 bridgehead atoms. The molecule has 0 aromatic heterocycles. The van der Waals surface area contributed by atoms with Crippen LogP contribution in [0.15, 0.2) is 0 Å². The zero-order valence-electron chi connectivity index (χ0n) is 8.00. The smallest absolute Gasteiger partial charge is 0.110 e. The molecule has 0 radical (unpaired) electrons. The zero-order valence-corrected chi connectivity index (χ0v) is 8.00. The molecule has 1 unspecified atom stereocenters. The van der Waals surface area contributed by atoms with Gasteiger partial charge in [0.25, 0.3) is 0 Å². The van der Waals surface area contributed by atoms with E-state index in [0.717, 1.165) is 0 Å². The van der Waals surface area contributed by atoms with Crippen LogP contribution in [-0.4, -0.2) is 64.2 Å². The standard InChI is InChI=1S/C8H17NO5/c1-4(11)9-5-3-14-6(2-10)8(13)7(5)12/h4-13H,2-3H2,1H3/t4?,5-,6+,7+,8+/m0/s1. The van der Waals surface area contributed by atoms with E-state index in [1.807, 2.05) is 0 Å². The predicted molar refractivity (Wildman–Crippen MR) is 47.4 cm³/mol. The molecule has 1 aliphatic rings. The molecule has 5 atom stereocenters. The Kier molecular flexibility index (Phi) is 4.24. The summed E-state index contributed by atoms with van der Waals surface area (Å²) < 4.78 is 5.09. The van der Waals surface area contributed by atoms with Crippen LogP contribution in [-0.2, 0) is 4.74 Å². The van der Waals surface area contributed by atoms with Crippen LogP contribution in [0.1, 0.15) is 6.92 Å². The summed E-state index contributed by atoms with van der Waals surface area (Å²) in [6.45, 7) is 1.32. The normalized spacial score (nSPS) is 40.9. The first-order valence-corrected chi connectivity index (χ1v) is 4.59. The fourth-order valence-corrected chi connectivity index (χ4v) is 1.50. The van der Waals surface area contributed by atoms with E-state index < -0.39 is 30.6 Å². The van der Waals surface area contributed by atoms with Gasteiger partial charge in [-0.25, -0.2) is 0 Å². The van der Waals surface area contributed by atoms with E-state index in [2.05, 4.69) is 5.32 Å². The summed E-state index contributed by atoms with van der Waals surface area (Å²) in [5.74, 6) is 0. The van der Waals surface area contributed by atoms with E-state index in [-0.39, 0.29) is 13.2 Å². The summed E-state index contributed by atoms with van der Waals surface area (Å²) in [5, 5.41) is 39.5. The highest BCUT2D eigenvalue weighted by Crippen LogP contribution is 2.15. The molecule has 0 spiro atoms. The van der Waals surface area contributed by atoms with Gasteiger partial charge in [-0.05, 0) is 6.92 Å². The van der Waals surface area contributed by atoms with Crippen molar-refractivity contribution in [3.63, 3.8) is 0 Å². The third-order valence-corrected chi connectivity index (χ3v) is 2.27. The molecule has 6 heteroatoms. The highest BCUT2D eigenvalue weighted by Gasteiger charge is 2.38. The molecular weight excluding hydrogens is 190 g/mol. The van der Waals surface area contributed by atoms with Crippen molar-refractivity contribution in [1.29, 1.82) is 0 Å². The molecule has 5 N–H and O–H groups in total. The van der Waals surface area contributed by atoms with Crippen LogP contribution in [0.4, 0.5) is 0 Å². The number of nitrogens with one attached hydrogen (secondary N) is 1. The van der Waals surface area contributed by atoms with Crippen molar-refractivity contribution in [1.82, 2.24) is 5.32 Å². The summed E-state index contributed by atoms with van der Waals surface area (Å²) in [5.41, 5.74) is 0. The Morgan fingerprint density at radius 2 is 2.07 bits per heavy atom. The maximum absolute atomic E-state index is 9.57. The van der Waals surface area contributed by atoms with Gasteiger partial charge in [-0.2, -0.15) is 0 Å². The van der Waals surface area contributed by atoms with Crippen LogP contribution in [0.3, 0.4) is 0 Å². The van der Waals surface area contributed by atoms with E-state index in [1.165, 1.54) is 6.92 Å². The summed E-state index contributed by atoms with van der Waals surface area (Å²) in [6, 6.07) is -0.521. The first kappa shape index (κ1) is 11.8. The number of ether oxygens (including phenoxy) is 1. The van der Waals surface area contributed by atoms with Gasteiger partial charge >= 0.3 is 0 Å².